The van der Waals surface area contributed by atoms with Gasteiger partial charge in [-0.05, 0) is 116 Å². The number of ether oxygens (including phenoxy) is 1. The number of fused-ring (bicyclic) bond motifs is 3. The molecule has 64 heavy (non-hydrogen) atoms. The summed E-state index contributed by atoms with van der Waals surface area (Å²) >= 11 is 0. The van der Waals surface area contributed by atoms with Crippen LogP contribution in [0.1, 0.15) is 104 Å². The first-order valence-corrected chi connectivity index (χ1v) is 22.7. The second-order valence-electron chi connectivity index (χ2n) is 21.2. The molecular weight excluding hydrogens is 781 g/mol. The summed E-state index contributed by atoms with van der Waals surface area (Å²) in [6.07, 6.45) is 6.34. The van der Waals surface area contributed by atoms with Crippen LogP contribution in [0.4, 0.5) is 11.4 Å². The first-order chi connectivity index (χ1) is 30.3. The van der Waals surface area contributed by atoms with Crippen LogP contribution in [0.15, 0.2) is 164 Å². The van der Waals surface area contributed by atoms with E-state index in [-0.39, 0.29) is 21.7 Å². The zero-order valence-electron chi connectivity index (χ0n) is 39.5. The molecule has 324 valence electrons. The van der Waals surface area contributed by atoms with E-state index in [1.807, 2.05) is 6.20 Å². The molecule has 2 aromatic heterocycles. The van der Waals surface area contributed by atoms with Gasteiger partial charge in [-0.3, -0.25) is 4.57 Å². The van der Waals surface area contributed by atoms with Crippen molar-refractivity contribution < 1.29 is 4.74 Å². The molecule has 0 radical (unpaired) electrons. The van der Waals surface area contributed by atoms with E-state index >= 15 is 0 Å². The molecule has 0 atom stereocenters. The first-order valence-electron chi connectivity index (χ1n) is 22.7. The number of rotatable bonds is 8. The second kappa shape index (κ2) is 15.9. The average molecular weight is 843 g/mol. The monoisotopic (exact) mass is 842 g/mol. The van der Waals surface area contributed by atoms with Gasteiger partial charge in [0.05, 0.1) is 17.7 Å². The van der Waals surface area contributed by atoms with E-state index in [1.165, 1.54) is 38.9 Å². The molecule has 6 aromatic carbocycles. The second-order valence-corrected chi connectivity index (χ2v) is 21.2. The van der Waals surface area contributed by atoms with E-state index in [4.69, 9.17) is 9.72 Å². The highest BCUT2D eigenvalue weighted by molar-refractivity contribution is 6.09. The molecule has 1 aliphatic rings. The third-order valence-corrected chi connectivity index (χ3v) is 13.1. The maximum absolute atomic E-state index is 6.97. The highest BCUT2D eigenvalue weighted by Crippen LogP contribution is 2.41. The van der Waals surface area contributed by atoms with Crippen molar-refractivity contribution >= 4 is 33.2 Å². The van der Waals surface area contributed by atoms with Crippen molar-refractivity contribution in [1.29, 1.82) is 0 Å². The van der Waals surface area contributed by atoms with E-state index in [0.717, 1.165) is 50.6 Å². The van der Waals surface area contributed by atoms with Crippen molar-refractivity contribution in [1.82, 2.24) is 9.55 Å². The quantitative estimate of drug-likeness (QED) is 0.153. The van der Waals surface area contributed by atoms with Crippen molar-refractivity contribution in [2.24, 2.45) is 0 Å². The maximum atomic E-state index is 6.97. The van der Waals surface area contributed by atoms with Crippen molar-refractivity contribution in [3.63, 3.8) is 0 Å². The fraction of sp³-hybridized carbons (Fsp3) is 0.271. The smallest absolute Gasteiger partial charge is 0.137 e. The van der Waals surface area contributed by atoms with Crippen LogP contribution >= 0.6 is 0 Å². The highest BCUT2D eigenvalue weighted by Gasteiger charge is 2.27. The van der Waals surface area contributed by atoms with Crippen LogP contribution < -0.4 is 14.5 Å². The Hall–Kier alpha value is -6.59. The summed E-state index contributed by atoms with van der Waals surface area (Å²) in [6.45, 7) is 25.9. The molecule has 0 saturated carbocycles. The van der Waals surface area contributed by atoms with E-state index in [0.29, 0.717) is 6.67 Å². The summed E-state index contributed by atoms with van der Waals surface area (Å²) in [5.41, 5.74) is 12.9. The minimum atomic E-state index is -0.222. The molecule has 9 rings (SSSR count). The lowest BCUT2D eigenvalue weighted by Crippen LogP contribution is -2.26. The van der Waals surface area contributed by atoms with Gasteiger partial charge in [0.1, 0.15) is 17.3 Å². The fourth-order valence-corrected chi connectivity index (χ4v) is 8.87. The molecule has 0 aliphatic carbocycles. The predicted molar refractivity (Wildman–Crippen MR) is 271 cm³/mol. The summed E-state index contributed by atoms with van der Waals surface area (Å²) in [7, 11) is 0. The van der Waals surface area contributed by atoms with E-state index in [2.05, 4.69) is 249 Å². The van der Waals surface area contributed by atoms with Crippen molar-refractivity contribution in [3.05, 3.63) is 192 Å². The largest absolute Gasteiger partial charge is 0.457 e. The van der Waals surface area contributed by atoms with Gasteiger partial charge in [-0.15, -0.1) is 0 Å². The van der Waals surface area contributed by atoms with Crippen LogP contribution in [0.25, 0.3) is 38.8 Å². The van der Waals surface area contributed by atoms with Crippen LogP contribution in [-0.2, 0) is 21.7 Å². The minimum Gasteiger partial charge on any atom is -0.457 e. The van der Waals surface area contributed by atoms with Crippen LogP contribution in [0.5, 0.6) is 11.5 Å². The third kappa shape index (κ3) is 8.32. The Morgan fingerprint density at radius 2 is 1.06 bits per heavy atom. The summed E-state index contributed by atoms with van der Waals surface area (Å²) in [5, 5.41) is 2.36. The fourth-order valence-electron chi connectivity index (χ4n) is 8.87. The lowest BCUT2D eigenvalue weighted by Gasteiger charge is -2.29. The Bertz CT molecular complexity index is 2990. The molecular formula is C59H62N4O. The van der Waals surface area contributed by atoms with Crippen molar-refractivity contribution in [2.45, 2.75) is 97.8 Å². The van der Waals surface area contributed by atoms with Gasteiger partial charge in [0.25, 0.3) is 0 Å². The van der Waals surface area contributed by atoms with Crippen molar-refractivity contribution in [2.75, 3.05) is 16.5 Å². The Balaban J connectivity index is 1.12. The van der Waals surface area contributed by atoms with Crippen LogP contribution in [-0.4, -0.2) is 16.2 Å². The summed E-state index contributed by atoms with van der Waals surface area (Å²) in [5.74, 6) is 2.41. The summed E-state index contributed by atoms with van der Waals surface area (Å²) < 4.78 is 9.28. The number of hydrogen-bond donors (Lipinski definition) is 0. The molecule has 0 unspecified atom stereocenters. The summed E-state index contributed by atoms with van der Waals surface area (Å²) in [4.78, 5) is 9.70. The van der Waals surface area contributed by atoms with E-state index in [1.54, 1.807) is 0 Å². The number of aromatic nitrogens is 2. The van der Waals surface area contributed by atoms with Gasteiger partial charge in [-0.25, -0.2) is 4.98 Å². The maximum Gasteiger partial charge on any atom is 0.137 e. The standard InChI is InChI=1S/C59H62N4O/c1-56(2,3)43-22-25-53-52(35-43)51-24-23-49(38-54(51)63(53)55-36-44(26-27-60-55)59(10,11)42-20-16-13-17-21-42)64-50-31-41(40-18-14-12-15-19-40)30-47(37-50)61-28-29-62(39-61)48-33-45(57(4,5)6)32-46(34-48)58(7,8)9/h12-38H,39H2,1-11H3. The number of benzene rings is 6. The topological polar surface area (TPSA) is 33.5 Å². The van der Waals surface area contributed by atoms with Gasteiger partial charge in [0.2, 0.25) is 0 Å². The van der Waals surface area contributed by atoms with Gasteiger partial charge in [0.15, 0.2) is 0 Å². The highest BCUT2D eigenvalue weighted by atomic mass is 16.5. The molecule has 5 nitrogen and oxygen atoms in total. The lowest BCUT2D eigenvalue weighted by molar-refractivity contribution is 0.483. The van der Waals surface area contributed by atoms with Gasteiger partial charge in [-0.2, -0.15) is 0 Å². The van der Waals surface area contributed by atoms with Crippen LogP contribution in [0.2, 0.25) is 0 Å². The van der Waals surface area contributed by atoms with Gasteiger partial charge < -0.3 is 14.5 Å². The average Bonchev–Trinajstić information content (AvgIpc) is 3.89. The lowest BCUT2D eigenvalue weighted by atomic mass is 9.78. The minimum absolute atomic E-state index is 0.00158. The Labute approximate surface area is 380 Å². The number of hydrogen-bond acceptors (Lipinski definition) is 4. The molecule has 0 amide bonds. The molecule has 5 heteroatoms. The molecule has 1 aliphatic heterocycles. The predicted octanol–water partition coefficient (Wildman–Crippen LogP) is 15.6. The van der Waals surface area contributed by atoms with E-state index in [9.17, 15) is 0 Å². The Kier molecular flexibility index (Phi) is 10.6. The normalized spacial score (nSPS) is 13.7. The number of nitrogens with zero attached hydrogens (tertiary/aromatic N) is 4. The molecule has 8 aromatic rings. The molecule has 0 spiro atoms. The zero-order valence-corrected chi connectivity index (χ0v) is 39.5. The van der Waals surface area contributed by atoms with Gasteiger partial charge in [-0.1, -0.05) is 149 Å². The summed E-state index contributed by atoms with van der Waals surface area (Å²) in [6, 6.07) is 52.8. The zero-order chi connectivity index (χ0) is 45.2. The third-order valence-electron chi connectivity index (χ3n) is 13.1. The molecule has 0 saturated heterocycles. The number of pyridine rings is 1. The van der Waals surface area contributed by atoms with E-state index < -0.39 is 0 Å². The first kappa shape index (κ1) is 42.7. The number of anilines is 2. The Morgan fingerprint density at radius 1 is 0.438 bits per heavy atom. The molecule has 0 bridgehead atoms. The Morgan fingerprint density at radius 3 is 1.70 bits per heavy atom. The molecule has 3 heterocycles. The van der Waals surface area contributed by atoms with Crippen LogP contribution in [0.3, 0.4) is 0 Å². The van der Waals surface area contributed by atoms with Gasteiger partial charge in [0, 0.05) is 58.3 Å². The molecule has 0 N–H and O–H groups in total. The van der Waals surface area contributed by atoms with Crippen LogP contribution in [0, 0.1) is 0 Å². The van der Waals surface area contributed by atoms with Gasteiger partial charge >= 0.3 is 0 Å². The SMILES string of the molecule is CC(C)(C)c1cc(N2C=CN(c3cc(Oc4ccc5c6cc(C(C)(C)C)ccc6n(-c6cc(C(C)(C)c7ccccc7)ccn6)c5c4)cc(-c4ccccc4)c3)C2)cc(C(C)(C)C)c1. The van der Waals surface area contributed by atoms with Crippen molar-refractivity contribution in [3.8, 4) is 28.4 Å². The molecule has 0 fully saturated rings.